The average Bonchev–Trinajstić information content (AvgIpc) is 2.94. The third-order valence-electron chi connectivity index (χ3n) is 3.94. The number of hydrogen-bond donors (Lipinski definition) is 1. The fourth-order valence-corrected chi connectivity index (χ4v) is 2.67. The first kappa shape index (κ1) is 13.8. The molecule has 2 heterocycles. The number of benzene rings is 1. The summed E-state index contributed by atoms with van der Waals surface area (Å²) >= 11 is 0. The van der Waals surface area contributed by atoms with E-state index in [9.17, 15) is 4.79 Å². The molecule has 1 N–H and O–H groups in total. The van der Waals surface area contributed by atoms with E-state index in [0.29, 0.717) is 5.69 Å². The molecule has 0 atom stereocenters. The molecule has 0 unspecified atom stereocenters. The number of carbonyl (C=O) groups excluding carboxylic acids is 1. The van der Waals surface area contributed by atoms with Crippen LogP contribution in [0.2, 0.25) is 0 Å². The molecule has 110 valence electrons. The lowest BCUT2D eigenvalue weighted by Crippen LogP contribution is -2.48. The zero-order chi connectivity index (χ0) is 14.7. The normalized spacial score (nSPS) is 16.1. The molecule has 0 radical (unpaired) electrons. The fourth-order valence-electron chi connectivity index (χ4n) is 2.67. The Labute approximate surface area is 124 Å². The Balaban J connectivity index is 1.56. The minimum absolute atomic E-state index is 0.0353. The number of nitrogens with zero attached hydrogens (tertiary/aromatic N) is 3. The lowest BCUT2D eigenvalue weighted by atomic mass is 10.2. The molecule has 3 rings (SSSR count). The number of imidazole rings is 1. The van der Waals surface area contributed by atoms with Crippen LogP contribution < -0.4 is 0 Å². The van der Waals surface area contributed by atoms with E-state index in [0.717, 1.165) is 38.4 Å². The molecular weight excluding hydrogens is 264 g/mol. The number of rotatable bonds is 3. The number of aromatic nitrogens is 2. The Bertz CT molecular complexity index is 600. The maximum atomic E-state index is 12.4. The maximum absolute atomic E-state index is 12.4. The lowest BCUT2D eigenvalue weighted by Gasteiger charge is -2.34. The highest BCUT2D eigenvalue weighted by molar-refractivity contribution is 5.93. The zero-order valence-electron chi connectivity index (χ0n) is 12.2. The number of aromatic amines is 1. The Hall–Kier alpha value is -2.14. The quantitative estimate of drug-likeness (QED) is 0.933. The van der Waals surface area contributed by atoms with Gasteiger partial charge in [0.25, 0.3) is 5.91 Å². The molecule has 1 aromatic carbocycles. The van der Waals surface area contributed by atoms with Crippen molar-refractivity contribution in [1.29, 1.82) is 0 Å². The van der Waals surface area contributed by atoms with Gasteiger partial charge in [-0.25, -0.2) is 4.98 Å². The first-order chi connectivity index (χ1) is 10.2. The van der Waals surface area contributed by atoms with E-state index in [2.05, 4.69) is 39.1 Å². The molecular formula is C16H20N4O. The first-order valence-electron chi connectivity index (χ1n) is 7.29. The molecule has 21 heavy (non-hydrogen) atoms. The molecule has 1 aromatic heterocycles. The van der Waals surface area contributed by atoms with Gasteiger partial charge in [0.05, 0.1) is 6.33 Å². The van der Waals surface area contributed by atoms with Crippen molar-refractivity contribution >= 4 is 5.91 Å². The van der Waals surface area contributed by atoms with Gasteiger partial charge in [-0.1, -0.05) is 30.3 Å². The third-order valence-corrected chi connectivity index (χ3v) is 3.94. The molecule has 5 heteroatoms. The Morgan fingerprint density at radius 1 is 1.19 bits per heavy atom. The molecule has 1 aliphatic rings. The monoisotopic (exact) mass is 284 g/mol. The van der Waals surface area contributed by atoms with Gasteiger partial charge in [0.2, 0.25) is 0 Å². The second-order valence-electron chi connectivity index (χ2n) is 5.43. The van der Waals surface area contributed by atoms with Crippen LogP contribution >= 0.6 is 0 Å². The number of aryl methyl sites for hydroxylation is 1. The smallest absolute Gasteiger partial charge is 0.274 e. The van der Waals surface area contributed by atoms with E-state index in [-0.39, 0.29) is 5.91 Å². The van der Waals surface area contributed by atoms with Crippen LogP contribution in [0, 0.1) is 6.92 Å². The minimum atomic E-state index is 0.0353. The number of nitrogens with one attached hydrogen (secondary N) is 1. The van der Waals surface area contributed by atoms with E-state index in [1.54, 1.807) is 6.33 Å². The van der Waals surface area contributed by atoms with Gasteiger partial charge >= 0.3 is 0 Å². The predicted molar refractivity (Wildman–Crippen MR) is 80.9 cm³/mol. The van der Waals surface area contributed by atoms with Crippen LogP contribution in [0.3, 0.4) is 0 Å². The summed E-state index contributed by atoms with van der Waals surface area (Å²) in [6, 6.07) is 10.5. The van der Waals surface area contributed by atoms with Crippen molar-refractivity contribution < 1.29 is 4.79 Å². The largest absolute Gasteiger partial charge is 0.348 e. The average molecular weight is 284 g/mol. The topological polar surface area (TPSA) is 52.2 Å². The molecule has 1 saturated heterocycles. The minimum Gasteiger partial charge on any atom is -0.348 e. The van der Waals surface area contributed by atoms with E-state index in [4.69, 9.17) is 0 Å². The van der Waals surface area contributed by atoms with Gasteiger partial charge < -0.3 is 9.88 Å². The number of hydrogen-bond acceptors (Lipinski definition) is 3. The van der Waals surface area contributed by atoms with Crippen LogP contribution in [0.1, 0.15) is 21.7 Å². The number of amides is 1. The van der Waals surface area contributed by atoms with Crippen molar-refractivity contribution in [2.24, 2.45) is 0 Å². The SMILES string of the molecule is Cc1[nH]cnc1C(=O)N1CCN(Cc2ccccc2)CC1. The van der Waals surface area contributed by atoms with E-state index >= 15 is 0 Å². The van der Waals surface area contributed by atoms with Gasteiger partial charge in [0.1, 0.15) is 5.69 Å². The van der Waals surface area contributed by atoms with Crippen molar-refractivity contribution in [3.8, 4) is 0 Å². The van der Waals surface area contributed by atoms with Gasteiger partial charge in [-0.3, -0.25) is 9.69 Å². The predicted octanol–water partition coefficient (Wildman–Crippen LogP) is 1.68. The maximum Gasteiger partial charge on any atom is 0.274 e. The summed E-state index contributed by atoms with van der Waals surface area (Å²) in [5.41, 5.74) is 2.71. The van der Waals surface area contributed by atoms with Crippen LogP contribution in [-0.4, -0.2) is 51.9 Å². The highest BCUT2D eigenvalue weighted by Crippen LogP contribution is 2.11. The molecule has 1 fully saturated rings. The highest BCUT2D eigenvalue weighted by Gasteiger charge is 2.24. The van der Waals surface area contributed by atoms with Gasteiger partial charge in [-0.2, -0.15) is 0 Å². The standard InChI is InChI=1S/C16H20N4O/c1-13-15(18-12-17-13)16(21)20-9-7-19(8-10-20)11-14-5-3-2-4-6-14/h2-6,12H,7-11H2,1H3,(H,17,18). The van der Waals surface area contributed by atoms with Crippen LogP contribution in [0.15, 0.2) is 36.7 Å². The van der Waals surface area contributed by atoms with Crippen LogP contribution in [-0.2, 0) is 6.54 Å². The van der Waals surface area contributed by atoms with Gasteiger partial charge in [0.15, 0.2) is 0 Å². The molecule has 0 bridgehead atoms. The van der Waals surface area contributed by atoms with Gasteiger partial charge in [-0.05, 0) is 12.5 Å². The van der Waals surface area contributed by atoms with E-state index in [1.807, 2.05) is 17.9 Å². The molecule has 2 aromatic rings. The summed E-state index contributed by atoms with van der Waals surface area (Å²) in [6.45, 7) is 6.17. The molecule has 5 nitrogen and oxygen atoms in total. The molecule has 1 aliphatic heterocycles. The summed E-state index contributed by atoms with van der Waals surface area (Å²) < 4.78 is 0. The van der Waals surface area contributed by atoms with Crippen LogP contribution in [0.4, 0.5) is 0 Å². The van der Waals surface area contributed by atoms with Crippen LogP contribution in [0.25, 0.3) is 0 Å². The Kier molecular flexibility index (Phi) is 4.01. The van der Waals surface area contributed by atoms with E-state index in [1.165, 1.54) is 5.56 Å². The summed E-state index contributed by atoms with van der Waals surface area (Å²) in [6.07, 6.45) is 1.58. The van der Waals surface area contributed by atoms with E-state index < -0.39 is 0 Å². The molecule has 0 saturated carbocycles. The number of piperazine rings is 1. The molecule has 0 spiro atoms. The number of H-pyrrole nitrogens is 1. The highest BCUT2D eigenvalue weighted by atomic mass is 16.2. The first-order valence-corrected chi connectivity index (χ1v) is 7.29. The Morgan fingerprint density at radius 2 is 1.90 bits per heavy atom. The van der Waals surface area contributed by atoms with Crippen molar-refractivity contribution in [3.05, 3.63) is 53.6 Å². The van der Waals surface area contributed by atoms with Gasteiger partial charge in [-0.15, -0.1) is 0 Å². The third kappa shape index (κ3) is 3.13. The summed E-state index contributed by atoms with van der Waals surface area (Å²) in [4.78, 5) is 23.7. The van der Waals surface area contributed by atoms with Crippen molar-refractivity contribution in [2.45, 2.75) is 13.5 Å². The second kappa shape index (κ2) is 6.10. The van der Waals surface area contributed by atoms with Crippen molar-refractivity contribution in [1.82, 2.24) is 19.8 Å². The summed E-state index contributed by atoms with van der Waals surface area (Å²) in [5.74, 6) is 0.0353. The van der Waals surface area contributed by atoms with Crippen molar-refractivity contribution in [2.75, 3.05) is 26.2 Å². The second-order valence-corrected chi connectivity index (χ2v) is 5.43. The fraction of sp³-hybridized carbons (Fsp3) is 0.375. The Morgan fingerprint density at radius 3 is 2.52 bits per heavy atom. The number of carbonyl (C=O) groups is 1. The zero-order valence-corrected chi connectivity index (χ0v) is 12.2. The summed E-state index contributed by atoms with van der Waals surface area (Å²) in [5, 5.41) is 0. The van der Waals surface area contributed by atoms with Gasteiger partial charge in [0, 0.05) is 38.4 Å². The molecule has 1 amide bonds. The lowest BCUT2D eigenvalue weighted by molar-refractivity contribution is 0.0622. The summed E-state index contributed by atoms with van der Waals surface area (Å²) in [7, 11) is 0. The van der Waals surface area contributed by atoms with Crippen LogP contribution in [0.5, 0.6) is 0 Å². The van der Waals surface area contributed by atoms with Crippen molar-refractivity contribution in [3.63, 3.8) is 0 Å². The molecule has 0 aliphatic carbocycles.